The van der Waals surface area contributed by atoms with Crippen molar-refractivity contribution in [2.24, 2.45) is 0 Å². The molecule has 0 radical (unpaired) electrons. The van der Waals surface area contributed by atoms with Gasteiger partial charge < -0.3 is 0 Å². The summed E-state index contributed by atoms with van der Waals surface area (Å²) in [5.41, 5.74) is 1.23. The number of sulfonamides is 1. The van der Waals surface area contributed by atoms with Gasteiger partial charge in [-0.1, -0.05) is 6.92 Å². The second kappa shape index (κ2) is 6.83. The van der Waals surface area contributed by atoms with Gasteiger partial charge >= 0.3 is 0 Å². The van der Waals surface area contributed by atoms with Gasteiger partial charge in [-0.15, -0.1) is 0 Å². The summed E-state index contributed by atoms with van der Waals surface area (Å²) in [5.74, 6) is 0.212. The van der Waals surface area contributed by atoms with Gasteiger partial charge in [0.2, 0.25) is 10.0 Å². The molecule has 0 aromatic carbocycles. The molecule has 2 rings (SSSR count). The summed E-state index contributed by atoms with van der Waals surface area (Å²) >= 11 is 1.67. The number of likely N-dealkylation sites (tertiary alicyclic amines) is 1. The van der Waals surface area contributed by atoms with E-state index in [2.05, 4.69) is 26.4 Å². The van der Waals surface area contributed by atoms with E-state index >= 15 is 0 Å². The van der Waals surface area contributed by atoms with Crippen molar-refractivity contribution >= 4 is 21.4 Å². The molecule has 1 saturated heterocycles. The highest BCUT2D eigenvalue weighted by atomic mass is 32.2. The van der Waals surface area contributed by atoms with Crippen LogP contribution in [0.4, 0.5) is 0 Å². The fourth-order valence-corrected chi connectivity index (χ4v) is 4.32. The van der Waals surface area contributed by atoms with Crippen LogP contribution in [0.5, 0.6) is 0 Å². The first kappa shape index (κ1) is 15.0. The second-order valence-corrected chi connectivity index (χ2v) is 7.69. The third kappa shape index (κ3) is 4.27. The molecule has 1 fully saturated rings. The van der Waals surface area contributed by atoms with Gasteiger partial charge in [0.05, 0.1) is 5.75 Å². The molecule has 1 unspecified atom stereocenters. The third-order valence-corrected chi connectivity index (χ3v) is 5.73. The van der Waals surface area contributed by atoms with E-state index < -0.39 is 10.0 Å². The quantitative estimate of drug-likeness (QED) is 0.840. The Kier molecular flexibility index (Phi) is 5.38. The Balaban J connectivity index is 2.02. The smallest absolute Gasteiger partial charge is 0.211 e. The summed E-state index contributed by atoms with van der Waals surface area (Å²) in [6.45, 7) is 4.50. The number of nitrogens with one attached hydrogen (secondary N) is 1. The summed E-state index contributed by atoms with van der Waals surface area (Å²) in [4.78, 5) is 2.39. The molecule has 1 aliphatic rings. The Morgan fingerprint density at radius 3 is 2.74 bits per heavy atom. The molecule has 0 amide bonds. The molecule has 108 valence electrons. The maximum atomic E-state index is 11.8. The highest BCUT2D eigenvalue weighted by Crippen LogP contribution is 2.26. The molecular formula is C13H22N2O2S2. The van der Waals surface area contributed by atoms with Gasteiger partial charge in [-0.2, -0.15) is 11.3 Å². The van der Waals surface area contributed by atoms with Crippen LogP contribution in [0.1, 0.15) is 37.8 Å². The molecule has 1 aromatic rings. The number of hydrogen-bond acceptors (Lipinski definition) is 4. The summed E-state index contributed by atoms with van der Waals surface area (Å²) in [6, 6.07) is 2.28. The van der Waals surface area contributed by atoms with Crippen molar-refractivity contribution in [1.29, 1.82) is 0 Å². The molecule has 6 heteroatoms. The lowest BCUT2D eigenvalue weighted by molar-refractivity contribution is 0.247. The van der Waals surface area contributed by atoms with E-state index in [1.165, 1.54) is 18.4 Å². The molecular weight excluding hydrogens is 280 g/mol. The van der Waals surface area contributed by atoms with Gasteiger partial charge in [-0.3, -0.25) is 4.90 Å². The molecule has 1 N–H and O–H groups in total. The van der Waals surface area contributed by atoms with Gasteiger partial charge in [0.1, 0.15) is 0 Å². The fraction of sp³-hybridized carbons (Fsp3) is 0.692. The van der Waals surface area contributed by atoms with Gasteiger partial charge in [-0.05, 0) is 54.7 Å². The fourth-order valence-electron chi connectivity index (χ4n) is 2.52. The van der Waals surface area contributed by atoms with E-state index in [9.17, 15) is 8.42 Å². The predicted octanol–water partition coefficient (Wildman–Crippen LogP) is 2.21. The number of thiophene rings is 1. The lowest BCUT2D eigenvalue weighted by Gasteiger charge is -2.27. The van der Waals surface area contributed by atoms with E-state index in [4.69, 9.17) is 0 Å². The Hall–Kier alpha value is -0.430. The average Bonchev–Trinajstić information content (AvgIpc) is 3.01. The molecule has 1 aromatic heterocycles. The average molecular weight is 302 g/mol. The normalized spacial score (nSPS) is 18.8. The van der Waals surface area contributed by atoms with Crippen molar-refractivity contribution in [2.75, 3.05) is 25.4 Å². The monoisotopic (exact) mass is 302 g/mol. The van der Waals surface area contributed by atoms with Crippen molar-refractivity contribution in [1.82, 2.24) is 9.62 Å². The number of nitrogens with zero attached hydrogens (tertiary/aromatic N) is 1. The largest absolute Gasteiger partial charge is 0.295 e. The van der Waals surface area contributed by atoms with Gasteiger partial charge in [-0.25, -0.2) is 13.1 Å². The van der Waals surface area contributed by atoms with Crippen LogP contribution in [-0.4, -0.2) is 38.7 Å². The molecule has 4 nitrogen and oxygen atoms in total. The maximum absolute atomic E-state index is 11.8. The third-order valence-electron chi connectivity index (χ3n) is 3.48. The summed E-state index contributed by atoms with van der Waals surface area (Å²) in [6.07, 6.45) is 3.08. The standard InChI is InChI=1S/C13H22N2O2S2/c1-2-9-19(16,17)14-10-13(12-5-8-18-11-12)15-6-3-4-7-15/h5,8,11,13-14H,2-4,6-7,9-10H2,1H3. The summed E-state index contributed by atoms with van der Waals surface area (Å²) in [7, 11) is -3.12. The Bertz CT molecular complexity index is 465. The lowest BCUT2D eigenvalue weighted by atomic mass is 10.1. The van der Waals surface area contributed by atoms with Crippen LogP contribution in [0, 0.1) is 0 Å². The highest BCUT2D eigenvalue weighted by Gasteiger charge is 2.25. The minimum atomic E-state index is -3.12. The molecule has 19 heavy (non-hydrogen) atoms. The highest BCUT2D eigenvalue weighted by molar-refractivity contribution is 7.89. The molecule has 0 saturated carbocycles. The minimum Gasteiger partial charge on any atom is -0.295 e. The van der Waals surface area contributed by atoms with Gasteiger partial charge in [0.15, 0.2) is 0 Å². The first-order valence-corrected chi connectivity index (χ1v) is 9.45. The van der Waals surface area contributed by atoms with Crippen molar-refractivity contribution in [3.63, 3.8) is 0 Å². The number of hydrogen-bond donors (Lipinski definition) is 1. The number of rotatable bonds is 7. The molecule has 0 bridgehead atoms. The van der Waals surface area contributed by atoms with Crippen LogP contribution >= 0.6 is 11.3 Å². The minimum absolute atomic E-state index is 0.181. The van der Waals surface area contributed by atoms with Crippen molar-refractivity contribution < 1.29 is 8.42 Å². The zero-order valence-electron chi connectivity index (χ0n) is 11.3. The topological polar surface area (TPSA) is 49.4 Å². The lowest BCUT2D eigenvalue weighted by Crippen LogP contribution is -2.37. The van der Waals surface area contributed by atoms with Crippen LogP contribution < -0.4 is 4.72 Å². The Morgan fingerprint density at radius 1 is 1.42 bits per heavy atom. The van der Waals surface area contributed by atoms with Crippen molar-refractivity contribution in [3.05, 3.63) is 22.4 Å². The van der Waals surface area contributed by atoms with Gasteiger partial charge in [0.25, 0.3) is 0 Å². The maximum Gasteiger partial charge on any atom is 0.211 e. The van der Waals surface area contributed by atoms with Gasteiger partial charge in [0, 0.05) is 12.6 Å². The first-order valence-electron chi connectivity index (χ1n) is 6.86. The SMILES string of the molecule is CCCS(=O)(=O)NCC(c1ccsc1)N1CCCC1. The zero-order valence-corrected chi connectivity index (χ0v) is 13.0. The Labute approximate surface area is 119 Å². The van der Waals surface area contributed by atoms with Crippen LogP contribution in [0.2, 0.25) is 0 Å². The molecule has 1 aliphatic heterocycles. The van der Waals surface area contributed by atoms with Crippen LogP contribution in [0.3, 0.4) is 0 Å². The van der Waals surface area contributed by atoms with Crippen molar-refractivity contribution in [2.45, 2.75) is 32.2 Å². The predicted molar refractivity (Wildman–Crippen MR) is 79.9 cm³/mol. The zero-order chi connectivity index (χ0) is 13.7. The van der Waals surface area contributed by atoms with E-state index in [0.717, 1.165) is 13.1 Å². The van der Waals surface area contributed by atoms with E-state index in [-0.39, 0.29) is 11.8 Å². The van der Waals surface area contributed by atoms with Crippen LogP contribution in [0.15, 0.2) is 16.8 Å². The summed E-state index contributed by atoms with van der Waals surface area (Å²) in [5, 5.41) is 4.18. The summed E-state index contributed by atoms with van der Waals surface area (Å²) < 4.78 is 26.3. The molecule has 2 heterocycles. The van der Waals surface area contributed by atoms with Crippen LogP contribution in [0.25, 0.3) is 0 Å². The van der Waals surface area contributed by atoms with Crippen LogP contribution in [-0.2, 0) is 10.0 Å². The molecule has 1 atom stereocenters. The Morgan fingerprint density at radius 2 is 2.16 bits per heavy atom. The molecule has 0 aliphatic carbocycles. The molecule has 0 spiro atoms. The second-order valence-electron chi connectivity index (χ2n) is 4.98. The van der Waals surface area contributed by atoms with Crippen molar-refractivity contribution in [3.8, 4) is 0 Å². The van der Waals surface area contributed by atoms with E-state index in [1.54, 1.807) is 11.3 Å². The van der Waals surface area contributed by atoms with E-state index in [1.807, 2.05) is 6.92 Å². The first-order chi connectivity index (χ1) is 9.12. The van der Waals surface area contributed by atoms with E-state index in [0.29, 0.717) is 13.0 Å².